The van der Waals surface area contributed by atoms with Crippen molar-refractivity contribution in [2.24, 2.45) is 5.73 Å². The molecular formula is C34H36N10O5. The predicted molar refractivity (Wildman–Crippen MR) is 180 cm³/mol. The van der Waals surface area contributed by atoms with E-state index in [0.29, 0.717) is 11.4 Å². The number of carbonyl (C=O) groups is 4. The predicted octanol–water partition coefficient (Wildman–Crippen LogP) is 1.23. The van der Waals surface area contributed by atoms with E-state index >= 15 is 0 Å². The summed E-state index contributed by atoms with van der Waals surface area (Å²) < 4.78 is 0. The SMILES string of the molecule is N[C@@H](Cc1c[nH]cn1)C(=O)N[C@@H](Cc1c[nH]c2ccccc12)C(=O)N[C@@H](Cc1c[nH]c2ccccc12)C(=O)N[C@@H](Cc1c[nH]cn1)C(=O)O. The lowest BCUT2D eigenvalue weighted by molar-refractivity contribution is -0.142. The highest BCUT2D eigenvalue weighted by Gasteiger charge is 2.32. The number of rotatable bonds is 15. The largest absolute Gasteiger partial charge is 0.480 e. The fraction of sp³-hybridized carbons (Fsp3) is 0.235. The maximum Gasteiger partial charge on any atom is 0.326 e. The number of carbonyl (C=O) groups excluding carboxylic acids is 3. The van der Waals surface area contributed by atoms with Crippen LogP contribution in [0.4, 0.5) is 0 Å². The summed E-state index contributed by atoms with van der Waals surface area (Å²) in [5.41, 5.74) is 10.4. The first-order chi connectivity index (χ1) is 23.7. The van der Waals surface area contributed by atoms with Crippen LogP contribution in [0.2, 0.25) is 0 Å². The molecule has 0 saturated heterocycles. The maximum absolute atomic E-state index is 14.2. The molecule has 3 amide bonds. The quantitative estimate of drug-likeness (QED) is 0.0772. The number of para-hydroxylation sites is 2. The molecule has 0 spiro atoms. The smallest absolute Gasteiger partial charge is 0.326 e. The summed E-state index contributed by atoms with van der Waals surface area (Å²) in [4.78, 5) is 73.7. The van der Waals surface area contributed by atoms with Crippen LogP contribution in [-0.2, 0) is 44.9 Å². The molecule has 49 heavy (non-hydrogen) atoms. The van der Waals surface area contributed by atoms with Gasteiger partial charge in [0.1, 0.15) is 18.1 Å². The van der Waals surface area contributed by atoms with Gasteiger partial charge in [0.05, 0.1) is 30.1 Å². The minimum atomic E-state index is -1.32. The number of hydrogen-bond acceptors (Lipinski definition) is 7. The van der Waals surface area contributed by atoms with Crippen molar-refractivity contribution < 1.29 is 24.3 Å². The first-order valence-electron chi connectivity index (χ1n) is 15.7. The van der Waals surface area contributed by atoms with Crippen LogP contribution in [0.25, 0.3) is 21.8 Å². The van der Waals surface area contributed by atoms with E-state index in [-0.39, 0.29) is 25.7 Å². The molecule has 6 aromatic rings. The van der Waals surface area contributed by atoms with Gasteiger partial charge in [0.25, 0.3) is 0 Å². The molecule has 0 fully saturated rings. The van der Waals surface area contributed by atoms with Crippen molar-refractivity contribution in [1.82, 2.24) is 45.9 Å². The van der Waals surface area contributed by atoms with E-state index in [1.807, 2.05) is 48.5 Å². The summed E-state index contributed by atoms with van der Waals surface area (Å²) >= 11 is 0. The zero-order valence-corrected chi connectivity index (χ0v) is 26.3. The van der Waals surface area contributed by atoms with Crippen molar-refractivity contribution >= 4 is 45.5 Å². The van der Waals surface area contributed by atoms with Crippen LogP contribution >= 0.6 is 0 Å². The van der Waals surface area contributed by atoms with E-state index in [1.165, 1.54) is 12.7 Å². The molecule has 4 atom stereocenters. The molecule has 10 N–H and O–H groups in total. The molecule has 252 valence electrons. The van der Waals surface area contributed by atoms with Gasteiger partial charge in [-0.2, -0.15) is 0 Å². The Kier molecular flexibility index (Phi) is 9.80. The first kappa shape index (κ1) is 32.7. The number of carboxylic acid groups (broad SMARTS) is 1. The highest BCUT2D eigenvalue weighted by molar-refractivity contribution is 5.95. The molecule has 15 heteroatoms. The van der Waals surface area contributed by atoms with Gasteiger partial charge in [0.15, 0.2) is 0 Å². The number of aliphatic carboxylic acids is 1. The van der Waals surface area contributed by atoms with Crippen molar-refractivity contribution in [2.45, 2.75) is 49.9 Å². The third kappa shape index (κ3) is 7.85. The summed E-state index contributed by atoms with van der Waals surface area (Å²) in [6, 6.07) is 10.4. The number of fused-ring (bicyclic) bond motifs is 2. The summed E-state index contributed by atoms with van der Waals surface area (Å²) in [6.45, 7) is 0. The minimum absolute atomic E-state index is 0.0305. The van der Waals surface area contributed by atoms with Crippen molar-refractivity contribution in [2.75, 3.05) is 0 Å². The van der Waals surface area contributed by atoms with Gasteiger partial charge in [0.2, 0.25) is 17.7 Å². The van der Waals surface area contributed by atoms with E-state index in [9.17, 15) is 24.3 Å². The van der Waals surface area contributed by atoms with Gasteiger partial charge >= 0.3 is 5.97 Å². The Morgan fingerprint density at radius 3 is 1.59 bits per heavy atom. The van der Waals surface area contributed by atoms with Crippen molar-refractivity contribution in [3.05, 3.63) is 108 Å². The van der Waals surface area contributed by atoms with Crippen LogP contribution in [0.1, 0.15) is 22.5 Å². The molecule has 0 saturated carbocycles. The molecule has 6 rings (SSSR count). The summed E-state index contributed by atoms with van der Waals surface area (Å²) in [7, 11) is 0. The number of nitrogens with one attached hydrogen (secondary N) is 7. The number of nitrogens with zero attached hydrogens (tertiary/aromatic N) is 2. The van der Waals surface area contributed by atoms with Gasteiger partial charge in [0, 0.05) is 72.3 Å². The molecule has 0 radical (unpaired) electrons. The van der Waals surface area contributed by atoms with Gasteiger partial charge in [-0.25, -0.2) is 14.8 Å². The number of benzene rings is 2. The Balaban J connectivity index is 1.27. The van der Waals surface area contributed by atoms with Crippen LogP contribution in [0, 0.1) is 0 Å². The molecule has 4 heterocycles. The van der Waals surface area contributed by atoms with Gasteiger partial charge in [-0.15, -0.1) is 0 Å². The number of carboxylic acids is 1. The van der Waals surface area contributed by atoms with Gasteiger partial charge in [-0.1, -0.05) is 36.4 Å². The molecule has 0 aliphatic heterocycles. The number of hydrogen-bond donors (Lipinski definition) is 9. The fourth-order valence-electron chi connectivity index (χ4n) is 5.82. The molecule has 4 aromatic heterocycles. The lowest BCUT2D eigenvalue weighted by Gasteiger charge is -2.25. The monoisotopic (exact) mass is 664 g/mol. The van der Waals surface area contributed by atoms with Crippen molar-refractivity contribution in [3.8, 4) is 0 Å². The second kappa shape index (κ2) is 14.7. The zero-order valence-electron chi connectivity index (χ0n) is 26.3. The number of imidazole rings is 2. The van der Waals surface area contributed by atoms with Crippen LogP contribution < -0.4 is 21.7 Å². The lowest BCUT2D eigenvalue weighted by Crippen LogP contribution is -2.58. The van der Waals surface area contributed by atoms with E-state index in [1.54, 1.807) is 24.8 Å². The number of nitrogens with two attached hydrogens (primary N) is 1. The molecule has 0 aliphatic carbocycles. The van der Waals surface area contributed by atoms with Crippen LogP contribution in [0.3, 0.4) is 0 Å². The summed E-state index contributed by atoms with van der Waals surface area (Å²) in [5.74, 6) is -3.20. The van der Waals surface area contributed by atoms with Crippen LogP contribution in [-0.4, -0.2) is 82.9 Å². The van der Waals surface area contributed by atoms with Crippen molar-refractivity contribution in [3.63, 3.8) is 0 Å². The fourth-order valence-corrected chi connectivity index (χ4v) is 5.82. The van der Waals surface area contributed by atoms with E-state index in [4.69, 9.17) is 5.73 Å². The normalized spacial score (nSPS) is 13.8. The molecule has 15 nitrogen and oxygen atoms in total. The van der Waals surface area contributed by atoms with Gasteiger partial charge in [-0.05, 0) is 23.3 Å². The van der Waals surface area contributed by atoms with Crippen LogP contribution in [0.15, 0.2) is 86.0 Å². The standard InChI is InChI=1S/C34H36N10O5/c35-25(11-21-15-36-17-40-21)31(45)42-28(9-19-13-38-26-7-3-1-5-23(19)26)32(46)43-29(10-20-14-39-27-8-4-2-6-24(20)27)33(47)44-30(34(48)49)12-22-16-37-18-41-22/h1-8,13-18,25,28-30,38-39H,9-12,35H2,(H,36,40)(H,37,41)(H,42,45)(H,43,46)(H,44,47)(H,48,49)/t25-,28-,29-,30-/m0/s1. The molecule has 0 unspecified atom stereocenters. The highest BCUT2D eigenvalue weighted by Crippen LogP contribution is 2.21. The Labute approximate surface area is 279 Å². The van der Waals surface area contributed by atoms with Crippen molar-refractivity contribution in [1.29, 1.82) is 0 Å². The number of H-pyrrole nitrogens is 4. The number of aromatic amines is 4. The third-order valence-corrected chi connectivity index (χ3v) is 8.37. The Bertz CT molecular complexity index is 2050. The number of aromatic nitrogens is 6. The molecular weight excluding hydrogens is 628 g/mol. The van der Waals surface area contributed by atoms with E-state index < -0.39 is 47.9 Å². The maximum atomic E-state index is 14.2. The molecule has 2 aromatic carbocycles. The van der Waals surface area contributed by atoms with Gasteiger partial charge in [-0.3, -0.25) is 14.4 Å². The second-order valence-corrected chi connectivity index (χ2v) is 11.8. The third-order valence-electron chi connectivity index (χ3n) is 8.37. The lowest BCUT2D eigenvalue weighted by atomic mass is 10.0. The van der Waals surface area contributed by atoms with Crippen LogP contribution in [0.5, 0.6) is 0 Å². The summed E-state index contributed by atoms with van der Waals surface area (Å²) in [6.07, 6.45) is 9.75. The topological polar surface area (TPSA) is 240 Å². The Hall–Kier alpha value is -6.22. The molecule has 0 bridgehead atoms. The van der Waals surface area contributed by atoms with E-state index in [2.05, 4.69) is 45.9 Å². The summed E-state index contributed by atoms with van der Waals surface area (Å²) in [5, 5.41) is 19.8. The van der Waals surface area contributed by atoms with Gasteiger partial charge < -0.3 is 46.7 Å². The number of amides is 3. The highest BCUT2D eigenvalue weighted by atomic mass is 16.4. The average Bonchev–Trinajstić information content (AvgIpc) is 3.93. The zero-order chi connectivity index (χ0) is 34.3. The molecule has 0 aliphatic rings. The average molecular weight is 665 g/mol. The minimum Gasteiger partial charge on any atom is -0.480 e. The second-order valence-electron chi connectivity index (χ2n) is 11.8. The Morgan fingerprint density at radius 2 is 1.10 bits per heavy atom. The first-order valence-corrected chi connectivity index (χ1v) is 15.7. The Morgan fingerprint density at radius 1 is 0.633 bits per heavy atom. The van der Waals surface area contributed by atoms with E-state index in [0.717, 1.165) is 32.9 Å².